The third-order valence-electron chi connectivity index (χ3n) is 2.60. The van der Waals surface area contributed by atoms with Crippen LogP contribution < -0.4 is 10.6 Å². The second kappa shape index (κ2) is 5.75. The maximum absolute atomic E-state index is 13.4. The SMILES string of the molecule is Cc1c(F)cccc1NC(=S)Nc1cccc(F)c1. The lowest BCUT2D eigenvalue weighted by atomic mass is 10.2. The highest BCUT2D eigenvalue weighted by atomic mass is 32.1. The standard InChI is InChI=1S/C14H12F2N2S/c1-9-12(16)6-3-7-13(9)18-14(19)17-11-5-2-4-10(15)8-11/h2-8H,1H3,(H2,17,18,19). The van der Waals surface area contributed by atoms with E-state index in [1.165, 1.54) is 18.2 Å². The average molecular weight is 278 g/mol. The maximum atomic E-state index is 13.4. The molecule has 0 spiro atoms. The smallest absolute Gasteiger partial charge is 0.175 e. The van der Waals surface area contributed by atoms with E-state index in [1.807, 2.05) is 0 Å². The highest BCUT2D eigenvalue weighted by Gasteiger charge is 2.05. The van der Waals surface area contributed by atoms with Crippen LogP contribution in [0.5, 0.6) is 0 Å². The van der Waals surface area contributed by atoms with Gasteiger partial charge in [-0.1, -0.05) is 12.1 Å². The molecule has 0 saturated heterocycles. The molecule has 2 nitrogen and oxygen atoms in total. The van der Waals surface area contributed by atoms with Gasteiger partial charge in [0.2, 0.25) is 0 Å². The van der Waals surface area contributed by atoms with Gasteiger partial charge in [0.25, 0.3) is 0 Å². The minimum Gasteiger partial charge on any atom is -0.332 e. The van der Waals surface area contributed by atoms with Crippen molar-refractivity contribution in [1.29, 1.82) is 0 Å². The molecule has 0 radical (unpaired) electrons. The number of halogens is 2. The highest BCUT2D eigenvalue weighted by Crippen LogP contribution is 2.18. The largest absolute Gasteiger partial charge is 0.332 e. The van der Waals surface area contributed by atoms with Crippen LogP contribution in [-0.2, 0) is 0 Å². The summed E-state index contributed by atoms with van der Waals surface area (Å²) in [7, 11) is 0. The Balaban J connectivity index is 2.08. The van der Waals surface area contributed by atoms with Crippen LogP contribution in [0, 0.1) is 18.6 Å². The van der Waals surface area contributed by atoms with Crippen LogP contribution in [0.4, 0.5) is 20.2 Å². The predicted molar refractivity (Wildman–Crippen MR) is 77.4 cm³/mol. The molecule has 5 heteroatoms. The summed E-state index contributed by atoms with van der Waals surface area (Å²) >= 11 is 5.10. The van der Waals surface area contributed by atoms with E-state index in [-0.39, 0.29) is 16.7 Å². The molecule has 0 amide bonds. The molecule has 0 bridgehead atoms. The van der Waals surface area contributed by atoms with Crippen molar-refractivity contribution in [3.63, 3.8) is 0 Å². The van der Waals surface area contributed by atoms with Crippen LogP contribution in [0.15, 0.2) is 42.5 Å². The molecule has 2 aromatic carbocycles. The zero-order chi connectivity index (χ0) is 13.8. The van der Waals surface area contributed by atoms with E-state index in [9.17, 15) is 8.78 Å². The molecule has 0 fully saturated rings. The van der Waals surface area contributed by atoms with Crippen molar-refractivity contribution < 1.29 is 8.78 Å². The summed E-state index contributed by atoms with van der Waals surface area (Å²) in [5, 5.41) is 5.99. The quantitative estimate of drug-likeness (QED) is 0.809. The van der Waals surface area contributed by atoms with E-state index in [0.717, 1.165) is 0 Å². The summed E-state index contributed by atoms with van der Waals surface area (Å²) in [5.41, 5.74) is 1.59. The molecule has 0 atom stereocenters. The van der Waals surface area contributed by atoms with Crippen molar-refractivity contribution in [2.75, 3.05) is 10.6 Å². The number of nitrogens with one attached hydrogen (secondary N) is 2. The van der Waals surface area contributed by atoms with Gasteiger partial charge in [-0.2, -0.15) is 0 Å². The second-order valence-corrected chi connectivity index (χ2v) is 4.41. The molecular weight excluding hydrogens is 266 g/mol. The Bertz CT molecular complexity index is 614. The molecule has 0 unspecified atom stereocenters. The minimum absolute atomic E-state index is 0.277. The van der Waals surface area contributed by atoms with Crippen LogP contribution in [0.25, 0.3) is 0 Å². The minimum atomic E-state index is -0.352. The van der Waals surface area contributed by atoms with E-state index in [2.05, 4.69) is 10.6 Å². The van der Waals surface area contributed by atoms with Gasteiger partial charge in [-0.05, 0) is 49.5 Å². The Morgan fingerprint density at radius 2 is 1.79 bits per heavy atom. The number of benzene rings is 2. The van der Waals surface area contributed by atoms with E-state index in [0.29, 0.717) is 16.9 Å². The Morgan fingerprint density at radius 1 is 1.05 bits per heavy atom. The molecule has 0 saturated carbocycles. The molecule has 0 aliphatic heterocycles. The molecular formula is C14H12F2N2S. The molecule has 2 N–H and O–H groups in total. The van der Waals surface area contributed by atoms with Crippen LogP contribution >= 0.6 is 12.2 Å². The average Bonchev–Trinajstić information content (AvgIpc) is 2.35. The zero-order valence-corrected chi connectivity index (χ0v) is 11.0. The third-order valence-corrected chi connectivity index (χ3v) is 2.80. The van der Waals surface area contributed by atoms with Crippen molar-refractivity contribution in [1.82, 2.24) is 0 Å². The molecule has 0 aliphatic carbocycles. The Labute approximate surface area is 115 Å². The molecule has 2 rings (SSSR count). The lowest BCUT2D eigenvalue weighted by molar-refractivity contribution is 0.619. The topological polar surface area (TPSA) is 24.1 Å². The first-order chi connectivity index (χ1) is 9.06. The van der Waals surface area contributed by atoms with Gasteiger partial charge < -0.3 is 10.6 Å². The summed E-state index contributed by atoms with van der Waals surface area (Å²) in [6.07, 6.45) is 0. The number of anilines is 2. The third kappa shape index (κ3) is 3.48. The summed E-state index contributed by atoms with van der Waals surface area (Å²) in [6, 6.07) is 10.6. The normalized spacial score (nSPS) is 10.1. The van der Waals surface area contributed by atoms with Gasteiger partial charge in [-0.15, -0.1) is 0 Å². The summed E-state index contributed by atoms with van der Waals surface area (Å²) in [6.45, 7) is 1.66. The van der Waals surface area contributed by atoms with Gasteiger partial charge in [0, 0.05) is 16.9 Å². The first-order valence-corrected chi connectivity index (χ1v) is 6.06. The predicted octanol–water partition coefficient (Wildman–Crippen LogP) is 4.08. The van der Waals surface area contributed by atoms with Crippen LogP contribution in [0.1, 0.15) is 5.56 Å². The zero-order valence-electron chi connectivity index (χ0n) is 10.2. The van der Waals surface area contributed by atoms with Crippen molar-refractivity contribution in [2.24, 2.45) is 0 Å². The van der Waals surface area contributed by atoms with Crippen molar-refractivity contribution in [3.8, 4) is 0 Å². The Kier molecular flexibility index (Phi) is 4.06. The highest BCUT2D eigenvalue weighted by molar-refractivity contribution is 7.80. The molecule has 2 aromatic rings. The number of hydrogen-bond donors (Lipinski definition) is 2. The summed E-state index contributed by atoms with van der Waals surface area (Å²) in [5.74, 6) is -0.659. The Hall–Kier alpha value is -2.01. The van der Waals surface area contributed by atoms with Crippen LogP contribution in [0.2, 0.25) is 0 Å². The molecule has 98 valence electrons. The van der Waals surface area contributed by atoms with Gasteiger partial charge >= 0.3 is 0 Å². The first-order valence-electron chi connectivity index (χ1n) is 5.65. The second-order valence-electron chi connectivity index (χ2n) is 4.00. The van der Waals surface area contributed by atoms with Crippen molar-refractivity contribution in [2.45, 2.75) is 6.92 Å². The van der Waals surface area contributed by atoms with E-state index >= 15 is 0 Å². The van der Waals surface area contributed by atoms with E-state index < -0.39 is 0 Å². The van der Waals surface area contributed by atoms with Crippen LogP contribution in [-0.4, -0.2) is 5.11 Å². The molecule has 0 aliphatic rings. The van der Waals surface area contributed by atoms with Crippen LogP contribution in [0.3, 0.4) is 0 Å². The van der Waals surface area contributed by atoms with Crippen molar-refractivity contribution in [3.05, 3.63) is 59.7 Å². The number of rotatable bonds is 2. The number of thiocarbonyl (C=S) groups is 1. The fourth-order valence-corrected chi connectivity index (χ4v) is 1.82. The summed E-state index contributed by atoms with van der Waals surface area (Å²) < 4.78 is 26.4. The van der Waals surface area contributed by atoms with Gasteiger partial charge in [-0.3, -0.25) is 0 Å². The Morgan fingerprint density at radius 3 is 2.53 bits per heavy atom. The van der Waals surface area contributed by atoms with Gasteiger partial charge in [0.15, 0.2) is 5.11 Å². The first kappa shape index (κ1) is 13.4. The maximum Gasteiger partial charge on any atom is 0.175 e. The van der Waals surface area contributed by atoms with Gasteiger partial charge in [0.1, 0.15) is 11.6 Å². The fraction of sp³-hybridized carbons (Fsp3) is 0.0714. The fourth-order valence-electron chi connectivity index (χ4n) is 1.59. The van der Waals surface area contributed by atoms with Gasteiger partial charge in [-0.25, -0.2) is 8.78 Å². The van der Waals surface area contributed by atoms with Crippen molar-refractivity contribution >= 4 is 28.7 Å². The summed E-state index contributed by atoms with van der Waals surface area (Å²) in [4.78, 5) is 0. The lowest BCUT2D eigenvalue weighted by Gasteiger charge is -2.12. The number of hydrogen-bond acceptors (Lipinski definition) is 1. The lowest BCUT2D eigenvalue weighted by Crippen LogP contribution is -2.19. The molecule has 0 heterocycles. The molecule has 19 heavy (non-hydrogen) atoms. The van der Waals surface area contributed by atoms with E-state index in [4.69, 9.17) is 12.2 Å². The van der Waals surface area contributed by atoms with Gasteiger partial charge in [0.05, 0.1) is 0 Å². The molecule has 0 aromatic heterocycles. The monoisotopic (exact) mass is 278 g/mol. The van der Waals surface area contributed by atoms with E-state index in [1.54, 1.807) is 31.2 Å².